The molecule has 0 atom stereocenters. The Kier molecular flexibility index (Phi) is 5.41. The van der Waals surface area contributed by atoms with E-state index in [2.05, 4.69) is 15.3 Å². The van der Waals surface area contributed by atoms with E-state index in [4.69, 9.17) is 4.74 Å². The fourth-order valence-electron chi connectivity index (χ4n) is 2.51. The summed E-state index contributed by atoms with van der Waals surface area (Å²) in [5.74, 6) is 1.23. The minimum Gasteiger partial charge on any atom is -0.478 e. The van der Waals surface area contributed by atoms with E-state index in [-0.39, 0.29) is 12.5 Å². The summed E-state index contributed by atoms with van der Waals surface area (Å²) in [6, 6.07) is 13.5. The molecule has 1 amide bonds. The van der Waals surface area contributed by atoms with Gasteiger partial charge >= 0.3 is 0 Å². The summed E-state index contributed by atoms with van der Waals surface area (Å²) in [5, 5.41) is 2.91. The third-order valence-corrected chi connectivity index (χ3v) is 3.67. The Bertz CT molecular complexity index is 830. The fourth-order valence-corrected chi connectivity index (χ4v) is 2.51. The molecular weight excluding hydrogens is 316 g/mol. The van der Waals surface area contributed by atoms with Crippen LogP contribution in [0.1, 0.15) is 12.5 Å². The maximum atomic E-state index is 12.3. The Labute approximate surface area is 146 Å². The summed E-state index contributed by atoms with van der Waals surface area (Å²) in [7, 11) is 0. The molecule has 0 saturated carbocycles. The van der Waals surface area contributed by atoms with E-state index in [0.29, 0.717) is 19.0 Å². The maximum absolute atomic E-state index is 12.3. The number of aromatic nitrogens is 3. The lowest BCUT2D eigenvalue weighted by atomic mass is 10.2. The smallest absolute Gasteiger partial charge is 0.240 e. The first-order chi connectivity index (χ1) is 12.3. The second-order valence-electron chi connectivity index (χ2n) is 5.42. The van der Waals surface area contributed by atoms with Crippen LogP contribution in [0.3, 0.4) is 0 Å². The molecule has 3 rings (SSSR count). The number of nitrogens with one attached hydrogen (secondary N) is 1. The number of carbonyl (C=O) groups excluding carboxylic acids is 1. The van der Waals surface area contributed by atoms with Gasteiger partial charge in [-0.05, 0) is 13.0 Å². The van der Waals surface area contributed by atoms with Crippen LogP contribution in [0.25, 0.3) is 11.4 Å². The Hall–Kier alpha value is -3.15. The van der Waals surface area contributed by atoms with Gasteiger partial charge in [-0.2, -0.15) is 0 Å². The highest BCUT2D eigenvalue weighted by atomic mass is 16.5. The average Bonchev–Trinajstić information content (AvgIpc) is 3.10. The fraction of sp³-hybridized carbons (Fsp3) is 0.211. The van der Waals surface area contributed by atoms with Crippen LogP contribution in [0.4, 0.5) is 0 Å². The van der Waals surface area contributed by atoms with Crippen LogP contribution in [0.15, 0.2) is 61.1 Å². The Balaban J connectivity index is 1.64. The number of pyridine rings is 1. The zero-order valence-corrected chi connectivity index (χ0v) is 14.1. The first kappa shape index (κ1) is 16.7. The van der Waals surface area contributed by atoms with Gasteiger partial charge in [0, 0.05) is 36.3 Å². The number of hydrogen-bond donors (Lipinski definition) is 1. The molecule has 6 nitrogen and oxygen atoms in total. The Morgan fingerprint density at radius 3 is 2.76 bits per heavy atom. The lowest BCUT2D eigenvalue weighted by Crippen LogP contribution is -2.27. The molecule has 0 spiro atoms. The molecule has 6 heteroatoms. The number of imidazole rings is 1. The third kappa shape index (κ3) is 4.23. The van der Waals surface area contributed by atoms with Gasteiger partial charge in [-0.1, -0.05) is 36.4 Å². The quantitative estimate of drug-likeness (QED) is 0.720. The van der Waals surface area contributed by atoms with E-state index in [1.54, 1.807) is 18.6 Å². The number of carbonyl (C=O) groups is 1. The molecule has 25 heavy (non-hydrogen) atoms. The molecule has 128 valence electrons. The van der Waals surface area contributed by atoms with Gasteiger partial charge in [0.2, 0.25) is 11.8 Å². The summed E-state index contributed by atoms with van der Waals surface area (Å²) in [4.78, 5) is 20.9. The van der Waals surface area contributed by atoms with Gasteiger partial charge < -0.3 is 14.6 Å². The molecule has 0 unspecified atom stereocenters. The van der Waals surface area contributed by atoms with E-state index >= 15 is 0 Å². The summed E-state index contributed by atoms with van der Waals surface area (Å²) in [6.45, 7) is 3.01. The highest BCUT2D eigenvalue weighted by Gasteiger charge is 2.10. The monoisotopic (exact) mass is 336 g/mol. The lowest BCUT2D eigenvalue weighted by Gasteiger charge is -2.11. The SMILES string of the molecule is CCOc1ncccc1CNC(=O)Cn1ccnc1-c1ccccc1. The summed E-state index contributed by atoms with van der Waals surface area (Å²) in [5.41, 5.74) is 1.83. The highest BCUT2D eigenvalue weighted by Crippen LogP contribution is 2.17. The van der Waals surface area contributed by atoms with Crippen molar-refractivity contribution in [3.05, 3.63) is 66.6 Å². The number of rotatable bonds is 7. The average molecular weight is 336 g/mol. The van der Waals surface area contributed by atoms with Gasteiger partial charge in [0.1, 0.15) is 12.4 Å². The Morgan fingerprint density at radius 2 is 1.96 bits per heavy atom. The minimum absolute atomic E-state index is 0.0958. The molecule has 0 bridgehead atoms. The predicted octanol–water partition coefficient (Wildman–Crippen LogP) is 2.66. The van der Waals surface area contributed by atoms with Crippen LogP contribution in [-0.2, 0) is 17.9 Å². The second kappa shape index (κ2) is 8.10. The van der Waals surface area contributed by atoms with Crippen molar-refractivity contribution in [2.75, 3.05) is 6.61 Å². The maximum Gasteiger partial charge on any atom is 0.240 e. The van der Waals surface area contributed by atoms with Crippen molar-refractivity contribution in [1.29, 1.82) is 0 Å². The van der Waals surface area contributed by atoms with Crippen molar-refractivity contribution < 1.29 is 9.53 Å². The molecule has 1 aromatic carbocycles. The van der Waals surface area contributed by atoms with E-state index in [9.17, 15) is 4.79 Å². The van der Waals surface area contributed by atoms with Crippen LogP contribution in [0.2, 0.25) is 0 Å². The van der Waals surface area contributed by atoms with Crippen molar-refractivity contribution in [2.45, 2.75) is 20.0 Å². The molecule has 2 heterocycles. The number of amides is 1. The van der Waals surface area contributed by atoms with Gasteiger partial charge in [0.15, 0.2) is 0 Å². The van der Waals surface area contributed by atoms with Gasteiger partial charge in [-0.15, -0.1) is 0 Å². The van der Waals surface area contributed by atoms with Crippen molar-refractivity contribution >= 4 is 5.91 Å². The number of hydrogen-bond acceptors (Lipinski definition) is 4. The molecule has 0 aliphatic carbocycles. The normalized spacial score (nSPS) is 10.4. The van der Waals surface area contributed by atoms with E-state index in [1.165, 1.54) is 0 Å². The second-order valence-corrected chi connectivity index (χ2v) is 5.42. The standard InChI is InChI=1S/C19H20N4O2/c1-2-25-19-16(9-6-10-21-19)13-22-17(24)14-23-12-11-20-18(23)15-7-4-3-5-8-15/h3-12H,2,13-14H2,1H3,(H,22,24). The van der Waals surface area contributed by atoms with Crippen LogP contribution >= 0.6 is 0 Å². The van der Waals surface area contributed by atoms with Gasteiger partial charge in [-0.25, -0.2) is 9.97 Å². The first-order valence-electron chi connectivity index (χ1n) is 8.18. The number of benzene rings is 1. The minimum atomic E-state index is -0.0958. The summed E-state index contributed by atoms with van der Waals surface area (Å²) in [6.07, 6.45) is 5.18. The van der Waals surface area contributed by atoms with Crippen LogP contribution in [0, 0.1) is 0 Å². The molecule has 0 saturated heterocycles. The molecule has 0 radical (unpaired) electrons. The van der Waals surface area contributed by atoms with Gasteiger partial charge in [0.05, 0.1) is 6.61 Å². The Morgan fingerprint density at radius 1 is 1.12 bits per heavy atom. The molecular formula is C19H20N4O2. The lowest BCUT2D eigenvalue weighted by molar-refractivity contribution is -0.121. The van der Waals surface area contributed by atoms with Crippen LogP contribution in [0.5, 0.6) is 5.88 Å². The van der Waals surface area contributed by atoms with Gasteiger partial charge in [0.25, 0.3) is 0 Å². The van der Waals surface area contributed by atoms with Crippen molar-refractivity contribution in [3.63, 3.8) is 0 Å². The predicted molar refractivity (Wildman–Crippen MR) is 94.9 cm³/mol. The van der Waals surface area contributed by atoms with Crippen molar-refractivity contribution in [2.24, 2.45) is 0 Å². The zero-order chi connectivity index (χ0) is 17.5. The number of nitrogens with zero attached hydrogens (tertiary/aromatic N) is 3. The largest absolute Gasteiger partial charge is 0.478 e. The van der Waals surface area contributed by atoms with Crippen LogP contribution in [-0.4, -0.2) is 27.0 Å². The third-order valence-electron chi connectivity index (χ3n) is 3.67. The highest BCUT2D eigenvalue weighted by molar-refractivity contribution is 5.76. The molecule has 1 N–H and O–H groups in total. The molecule has 3 aromatic rings. The van der Waals surface area contributed by atoms with E-state index in [0.717, 1.165) is 17.0 Å². The van der Waals surface area contributed by atoms with Crippen LogP contribution < -0.4 is 10.1 Å². The zero-order valence-electron chi connectivity index (χ0n) is 14.1. The molecule has 2 aromatic heterocycles. The van der Waals surface area contributed by atoms with Gasteiger partial charge in [-0.3, -0.25) is 4.79 Å². The molecule has 0 aliphatic rings. The summed E-state index contributed by atoms with van der Waals surface area (Å²) >= 11 is 0. The van der Waals surface area contributed by atoms with E-state index in [1.807, 2.05) is 54.0 Å². The van der Waals surface area contributed by atoms with Crippen molar-refractivity contribution in [3.8, 4) is 17.3 Å². The first-order valence-corrected chi connectivity index (χ1v) is 8.18. The van der Waals surface area contributed by atoms with Crippen molar-refractivity contribution in [1.82, 2.24) is 19.9 Å². The molecule has 0 aliphatic heterocycles. The summed E-state index contributed by atoms with van der Waals surface area (Å²) < 4.78 is 7.31. The molecule has 0 fully saturated rings. The topological polar surface area (TPSA) is 69.0 Å². The van der Waals surface area contributed by atoms with E-state index < -0.39 is 0 Å². The number of ether oxygens (including phenoxy) is 1.